The second-order valence-electron chi connectivity index (χ2n) is 3.40. The molecule has 0 aliphatic heterocycles. The van der Waals surface area contributed by atoms with E-state index in [1.165, 1.54) is 0 Å². The molecule has 1 rings (SSSR count). The smallest absolute Gasteiger partial charge is 0.250 e. The highest BCUT2D eigenvalue weighted by Crippen LogP contribution is 2.22. The predicted molar refractivity (Wildman–Crippen MR) is 44.2 cm³/mol. The number of nitrogens with two attached hydrogens (primary N) is 1. The first-order valence-electron chi connectivity index (χ1n) is 4.44. The first-order chi connectivity index (χ1) is 5.70. The van der Waals surface area contributed by atoms with E-state index in [0.29, 0.717) is 12.5 Å². The molecule has 0 aromatic rings. The lowest BCUT2D eigenvalue weighted by molar-refractivity contribution is 0.144. The molecule has 2 unspecified atom stereocenters. The fourth-order valence-electron chi connectivity index (χ4n) is 1.70. The Morgan fingerprint density at radius 2 is 2.17 bits per heavy atom. The van der Waals surface area contributed by atoms with Gasteiger partial charge in [-0.2, -0.15) is 0 Å². The van der Waals surface area contributed by atoms with E-state index in [0.717, 1.165) is 19.3 Å². The standard InChI is InChI=1S/C8H16F2N2/c9-8(10)5-12-4-6-2-1-3-7(6)11/h6-8,12H,1-5,11H2. The lowest BCUT2D eigenvalue weighted by atomic mass is 10.1. The van der Waals surface area contributed by atoms with Crippen LogP contribution in [0.2, 0.25) is 0 Å². The lowest BCUT2D eigenvalue weighted by Gasteiger charge is -2.15. The molecule has 1 saturated carbocycles. The molecule has 0 amide bonds. The summed E-state index contributed by atoms with van der Waals surface area (Å²) in [6, 6.07) is 0.218. The van der Waals surface area contributed by atoms with Gasteiger partial charge in [0.2, 0.25) is 0 Å². The van der Waals surface area contributed by atoms with Gasteiger partial charge >= 0.3 is 0 Å². The molecule has 0 bridgehead atoms. The number of hydrogen-bond donors (Lipinski definition) is 2. The molecule has 2 nitrogen and oxygen atoms in total. The topological polar surface area (TPSA) is 38.0 Å². The van der Waals surface area contributed by atoms with Gasteiger partial charge in [0.1, 0.15) is 0 Å². The first kappa shape index (κ1) is 9.86. The van der Waals surface area contributed by atoms with Gasteiger partial charge in [-0.1, -0.05) is 6.42 Å². The van der Waals surface area contributed by atoms with Crippen molar-refractivity contribution in [3.05, 3.63) is 0 Å². The molecule has 0 saturated heterocycles. The third-order valence-electron chi connectivity index (χ3n) is 2.42. The van der Waals surface area contributed by atoms with Crippen LogP contribution in [0.3, 0.4) is 0 Å². The molecule has 1 fully saturated rings. The molecule has 0 radical (unpaired) electrons. The van der Waals surface area contributed by atoms with Crippen molar-refractivity contribution in [1.29, 1.82) is 0 Å². The van der Waals surface area contributed by atoms with E-state index >= 15 is 0 Å². The molecule has 3 N–H and O–H groups in total. The summed E-state index contributed by atoms with van der Waals surface area (Å²) in [6.07, 6.45) is 1.02. The molecule has 0 aromatic carbocycles. The summed E-state index contributed by atoms with van der Waals surface area (Å²) in [6.45, 7) is 0.439. The Labute approximate surface area is 71.5 Å². The summed E-state index contributed by atoms with van der Waals surface area (Å²) in [5, 5.41) is 2.73. The van der Waals surface area contributed by atoms with Crippen molar-refractivity contribution in [2.24, 2.45) is 11.7 Å². The van der Waals surface area contributed by atoms with Crippen molar-refractivity contribution in [2.75, 3.05) is 13.1 Å². The Hall–Kier alpha value is -0.220. The minimum absolute atomic E-state index is 0.205. The highest BCUT2D eigenvalue weighted by Gasteiger charge is 2.23. The van der Waals surface area contributed by atoms with Gasteiger partial charge in [0, 0.05) is 6.04 Å². The van der Waals surface area contributed by atoms with Crippen molar-refractivity contribution < 1.29 is 8.78 Å². The van der Waals surface area contributed by atoms with E-state index in [4.69, 9.17) is 5.73 Å². The zero-order chi connectivity index (χ0) is 8.97. The first-order valence-corrected chi connectivity index (χ1v) is 4.44. The molecule has 2 atom stereocenters. The minimum Gasteiger partial charge on any atom is -0.327 e. The van der Waals surface area contributed by atoms with Crippen LogP contribution < -0.4 is 11.1 Å². The van der Waals surface area contributed by atoms with E-state index < -0.39 is 6.43 Å². The second kappa shape index (κ2) is 4.72. The van der Waals surface area contributed by atoms with Crippen LogP contribution in [0.5, 0.6) is 0 Å². The molecule has 0 spiro atoms. The second-order valence-corrected chi connectivity index (χ2v) is 3.40. The maximum atomic E-state index is 11.7. The van der Waals surface area contributed by atoms with E-state index in [2.05, 4.69) is 5.32 Å². The molecule has 72 valence electrons. The Bertz CT molecular complexity index is 130. The van der Waals surface area contributed by atoms with Gasteiger partial charge in [-0.25, -0.2) is 8.78 Å². The van der Waals surface area contributed by atoms with Crippen molar-refractivity contribution in [3.8, 4) is 0 Å². The Kier molecular flexibility index (Phi) is 3.88. The van der Waals surface area contributed by atoms with Crippen LogP contribution in [0.25, 0.3) is 0 Å². The lowest BCUT2D eigenvalue weighted by Crippen LogP contribution is -2.34. The molecule has 1 aliphatic rings. The summed E-state index contributed by atoms with van der Waals surface area (Å²) in [7, 11) is 0. The van der Waals surface area contributed by atoms with Crippen LogP contribution in [0.4, 0.5) is 8.78 Å². The number of rotatable bonds is 4. The highest BCUT2D eigenvalue weighted by atomic mass is 19.3. The molecule has 4 heteroatoms. The van der Waals surface area contributed by atoms with Crippen LogP contribution in [0.15, 0.2) is 0 Å². The van der Waals surface area contributed by atoms with Gasteiger partial charge in [-0.15, -0.1) is 0 Å². The Morgan fingerprint density at radius 3 is 2.67 bits per heavy atom. The summed E-state index contributed by atoms with van der Waals surface area (Å²) >= 11 is 0. The van der Waals surface area contributed by atoms with Gasteiger partial charge in [0.05, 0.1) is 6.54 Å². The predicted octanol–water partition coefficient (Wildman–Crippen LogP) is 0.968. The molecular weight excluding hydrogens is 162 g/mol. The van der Waals surface area contributed by atoms with Crippen LogP contribution in [-0.4, -0.2) is 25.6 Å². The van der Waals surface area contributed by atoms with E-state index in [1.807, 2.05) is 0 Å². The van der Waals surface area contributed by atoms with Gasteiger partial charge in [0.25, 0.3) is 6.43 Å². The van der Waals surface area contributed by atoms with Gasteiger partial charge in [-0.3, -0.25) is 0 Å². The third-order valence-corrected chi connectivity index (χ3v) is 2.42. The maximum Gasteiger partial charge on any atom is 0.250 e. The normalized spacial score (nSPS) is 30.0. The SMILES string of the molecule is NC1CCCC1CNCC(F)F. The molecule has 1 aliphatic carbocycles. The quantitative estimate of drug-likeness (QED) is 0.673. The molecule has 12 heavy (non-hydrogen) atoms. The van der Waals surface area contributed by atoms with Crippen LogP contribution in [-0.2, 0) is 0 Å². The highest BCUT2D eigenvalue weighted by molar-refractivity contribution is 4.81. The zero-order valence-electron chi connectivity index (χ0n) is 7.10. The number of nitrogens with one attached hydrogen (secondary N) is 1. The van der Waals surface area contributed by atoms with Crippen molar-refractivity contribution in [2.45, 2.75) is 31.7 Å². The third kappa shape index (κ3) is 3.03. The number of hydrogen-bond acceptors (Lipinski definition) is 2. The average Bonchev–Trinajstić information content (AvgIpc) is 2.36. The zero-order valence-corrected chi connectivity index (χ0v) is 7.10. The Morgan fingerprint density at radius 1 is 1.42 bits per heavy atom. The van der Waals surface area contributed by atoms with Crippen molar-refractivity contribution in [3.63, 3.8) is 0 Å². The average molecular weight is 178 g/mol. The molecular formula is C8H16F2N2. The van der Waals surface area contributed by atoms with Crippen molar-refractivity contribution in [1.82, 2.24) is 5.32 Å². The van der Waals surface area contributed by atoms with Gasteiger partial charge < -0.3 is 11.1 Å². The van der Waals surface area contributed by atoms with Crippen molar-refractivity contribution >= 4 is 0 Å². The summed E-state index contributed by atoms with van der Waals surface area (Å²) in [4.78, 5) is 0. The largest absolute Gasteiger partial charge is 0.327 e. The Balaban J connectivity index is 2.06. The van der Waals surface area contributed by atoms with E-state index in [9.17, 15) is 8.78 Å². The van der Waals surface area contributed by atoms with Crippen LogP contribution in [0.1, 0.15) is 19.3 Å². The summed E-state index contributed by atoms with van der Waals surface area (Å²) in [5.74, 6) is 0.406. The van der Waals surface area contributed by atoms with E-state index in [1.54, 1.807) is 0 Å². The molecule has 0 aromatic heterocycles. The van der Waals surface area contributed by atoms with Crippen LogP contribution >= 0.6 is 0 Å². The van der Waals surface area contributed by atoms with E-state index in [-0.39, 0.29) is 12.6 Å². The molecule has 0 heterocycles. The fourth-order valence-corrected chi connectivity index (χ4v) is 1.70. The van der Waals surface area contributed by atoms with Crippen LogP contribution in [0, 0.1) is 5.92 Å². The summed E-state index contributed by atoms with van der Waals surface area (Å²) in [5.41, 5.74) is 5.77. The number of halogens is 2. The summed E-state index contributed by atoms with van der Waals surface area (Å²) < 4.78 is 23.4. The van der Waals surface area contributed by atoms with Gasteiger partial charge in [0.15, 0.2) is 0 Å². The maximum absolute atomic E-state index is 11.7. The fraction of sp³-hybridized carbons (Fsp3) is 1.00. The monoisotopic (exact) mass is 178 g/mol. The van der Waals surface area contributed by atoms with Gasteiger partial charge in [-0.05, 0) is 25.3 Å². The minimum atomic E-state index is -2.25. The number of alkyl halides is 2.